The van der Waals surface area contributed by atoms with Crippen molar-refractivity contribution < 1.29 is 9.72 Å². The van der Waals surface area contributed by atoms with Crippen LogP contribution in [0.5, 0.6) is 0 Å². The highest BCUT2D eigenvalue weighted by molar-refractivity contribution is 6.30. The lowest BCUT2D eigenvalue weighted by Crippen LogP contribution is -2.33. The fourth-order valence-corrected chi connectivity index (χ4v) is 2.28. The van der Waals surface area contributed by atoms with E-state index in [9.17, 15) is 19.7 Å². The Morgan fingerprint density at radius 2 is 1.87 bits per heavy atom. The number of pyridine rings is 1. The van der Waals surface area contributed by atoms with Crippen LogP contribution in [0, 0.1) is 17.0 Å². The number of aryl methyl sites for hydroxylation is 1. The van der Waals surface area contributed by atoms with Gasteiger partial charge in [0.2, 0.25) is 5.91 Å². The molecule has 1 aromatic carbocycles. The molecule has 0 aliphatic heterocycles. The first-order chi connectivity index (χ1) is 10.8. The molecule has 1 amide bonds. The van der Waals surface area contributed by atoms with Crippen LogP contribution < -0.4 is 10.9 Å². The van der Waals surface area contributed by atoms with Crippen LogP contribution in [0.15, 0.2) is 41.2 Å². The van der Waals surface area contributed by atoms with Gasteiger partial charge >= 0.3 is 11.2 Å². The number of benzene rings is 1. The number of halogens is 1. The molecule has 1 atom stereocenters. The Morgan fingerprint density at radius 1 is 1.26 bits per heavy atom. The summed E-state index contributed by atoms with van der Waals surface area (Å²) in [5.74, 6) is -0.460. The highest BCUT2D eigenvalue weighted by Gasteiger charge is 2.23. The number of hydrogen-bond acceptors (Lipinski definition) is 4. The first-order valence-electron chi connectivity index (χ1n) is 6.74. The summed E-state index contributed by atoms with van der Waals surface area (Å²) in [4.78, 5) is 34.6. The zero-order valence-corrected chi connectivity index (χ0v) is 13.2. The Balaban J connectivity index is 2.32. The van der Waals surface area contributed by atoms with Crippen molar-refractivity contribution in [2.24, 2.45) is 0 Å². The van der Waals surface area contributed by atoms with E-state index in [2.05, 4.69) is 5.32 Å². The molecule has 8 heteroatoms. The summed E-state index contributed by atoms with van der Waals surface area (Å²) in [6, 6.07) is 8.15. The molecule has 2 rings (SSSR count). The molecule has 0 saturated carbocycles. The Labute approximate surface area is 136 Å². The van der Waals surface area contributed by atoms with Crippen LogP contribution in [0.25, 0.3) is 0 Å². The maximum atomic E-state index is 12.3. The predicted molar refractivity (Wildman–Crippen MR) is 86.9 cm³/mol. The highest BCUT2D eigenvalue weighted by atomic mass is 35.5. The third-order valence-corrected chi connectivity index (χ3v) is 3.63. The van der Waals surface area contributed by atoms with Crippen LogP contribution in [0.3, 0.4) is 0 Å². The van der Waals surface area contributed by atoms with Gasteiger partial charge in [-0.3, -0.25) is 24.3 Å². The third-order valence-electron chi connectivity index (χ3n) is 3.38. The second-order valence-electron chi connectivity index (χ2n) is 4.96. The van der Waals surface area contributed by atoms with Crippen LogP contribution in [-0.4, -0.2) is 15.4 Å². The summed E-state index contributed by atoms with van der Waals surface area (Å²) in [5.41, 5.74) is -0.405. The standard InChI is InChI=1S/C15H14ClN3O4/c1-9-3-8-13(19(22)23)15(21)18(9)10(2)14(20)17-12-6-4-11(16)5-7-12/h3-8,10H,1-2H3,(H,17,20). The normalized spacial score (nSPS) is 11.8. The predicted octanol–water partition coefficient (Wildman–Crippen LogP) is 2.92. The Hall–Kier alpha value is -2.67. The summed E-state index contributed by atoms with van der Waals surface area (Å²) in [5, 5.41) is 14.1. The van der Waals surface area contributed by atoms with Gasteiger partial charge in [0.25, 0.3) is 0 Å². The Morgan fingerprint density at radius 3 is 2.43 bits per heavy atom. The van der Waals surface area contributed by atoms with Crippen molar-refractivity contribution in [3.05, 3.63) is 67.6 Å². The minimum atomic E-state index is -0.905. The smallest absolute Gasteiger partial charge is 0.324 e. The van der Waals surface area contributed by atoms with Crippen LogP contribution in [-0.2, 0) is 4.79 Å². The van der Waals surface area contributed by atoms with E-state index in [0.717, 1.165) is 10.6 Å². The molecule has 2 aromatic rings. The first kappa shape index (κ1) is 16.7. The van der Waals surface area contributed by atoms with Gasteiger partial charge in [0, 0.05) is 22.5 Å². The fourth-order valence-electron chi connectivity index (χ4n) is 2.15. The SMILES string of the molecule is Cc1ccc([N+](=O)[O-])c(=O)n1C(C)C(=O)Nc1ccc(Cl)cc1. The monoisotopic (exact) mass is 335 g/mol. The Kier molecular flexibility index (Phi) is 4.80. The minimum absolute atomic E-state index is 0.458. The topological polar surface area (TPSA) is 94.2 Å². The molecule has 7 nitrogen and oxygen atoms in total. The summed E-state index contributed by atoms with van der Waals surface area (Å²) >= 11 is 5.77. The van der Waals surface area contributed by atoms with Gasteiger partial charge in [-0.05, 0) is 44.2 Å². The molecule has 1 aromatic heterocycles. The number of amides is 1. The third kappa shape index (κ3) is 3.57. The molecule has 120 valence electrons. The lowest BCUT2D eigenvalue weighted by molar-refractivity contribution is -0.386. The van der Waals surface area contributed by atoms with Crippen molar-refractivity contribution in [3.63, 3.8) is 0 Å². The van der Waals surface area contributed by atoms with Crippen molar-refractivity contribution in [2.45, 2.75) is 19.9 Å². The lowest BCUT2D eigenvalue weighted by Gasteiger charge is -2.17. The molecular weight excluding hydrogens is 322 g/mol. The number of nitrogens with zero attached hydrogens (tertiary/aromatic N) is 2. The van der Waals surface area contributed by atoms with Crippen molar-refractivity contribution in [2.75, 3.05) is 5.32 Å². The number of carbonyl (C=O) groups excluding carboxylic acids is 1. The van der Waals surface area contributed by atoms with E-state index in [-0.39, 0.29) is 0 Å². The van der Waals surface area contributed by atoms with E-state index in [1.54, 1.807) is 31.2 Å². The quantitative estimate of drug-likeness (QED) is 0.686. The average Bonchev–Trinajstić information content (AvgIpc) is 2.49. The maximum Gasteiger partial charge on any atom is 0.334 e. The average molecular weight is 336 g/mol. The second kappa shape index (κ2) is 6.62. The number of rotatable bonds is 4. The zero-order chi connectivity index (χ0) is 17.1. The van der Waals surface area contributed by atoms with Crippen molar-refractivity contribution in [1.29, 1.82) is 0 Å². The second-order valence-corrected chi connectivity index (χ2v) is 5.40. The van der Waals surface area contributed by atoms with Gasteiger partial charge in [-0.25, -0.2) is 0 Å². The molecule has 1 N–H and O–H groups in total. The van der Waals surface area contributed by atoms with E-state index >= 15 is 0 Å². The van der Waals surface area contributed by atoms with Gasteiger partial charge in [-0.15, -0.1) is 0 Å². The van der Waals surface area contributed by atoms with Crippen LogP contribution in [0.4, 0.5) is 11.4 Å². The van der Waals surface area contributed by atoms with Gasteiger partial charge in [-0.1, -0.05) is 11.6 Å². The number of anilines is 1. The summed E-state index contributed by atoms with van der Waals surface area (Å²) < 4.78 is 1.10. The molecule has 0 saturated heterocycles. The van der Waals surface area contributed by atoms with E-state index in [0.29, 0.717) is 16.4 Å². The maximum absolute atomic E-state index is 12.3. The summed E-state index contributed by atoms with van der Waals surface area (Å²) in [7, 11) is 0. The molecule has 0 aliphatic rings. The first-order valence-corrected chi connectivity index (χ1v) is 7.12. The van der Waals surface area contributed by atoms with E-state index in [1.807, 2.05) is 0 Å². The highest BCUT2D eigenvalue weighted by Crippen LogP contribution is 2.17. The van der Waals surface area contributed by atoms with Gasteiger partial charge in [-0.2, -0.15) is 0 Å². The molecule has 0 radical (unpaired) electrons. The summed E-state index contributed by atoms with van der Waals surface area (Å²) in [6.45, 7) is 3.11. The molecule has 0 bridgehead atoms. The van der Waals surface area contributed by atoms with Gasteiger partial charge < -0.3 is 5.32 Å². The zero-order valence-electron chi connectivity index (χ0n) is 12.4. The molecule has 23 heavy (non-hydrogen) atoms. The van der Waals surface area contributed by atoms with E-state index < -0.39 is 28.1 Å². The largest absolute Gasteiger partial charge is 0.334 e. The number of carbonyl (C=O) groups is 1. The van der Waals surface area contributed by atoms with Crippen LogP contribution >= 0.6 is 11.6 Å². The number of nitrogens with one attached hydrogen (secondary N) is 1. The van der Waals surface area contributed by atoms with Crippen LogP contribution in [0.1, 0.15) is 18.7 Å². The summed E-state index contributed by atoms with van der Waals surface area (Å²) in [6.07, 6.45) is 0. The van der Waals surface area contributed by atoms with Crippen LogP contribution in [0.2, 0.25) is 5.02 Å². The van der Waals surface area contributed by atoms with Gasteiger partial charge in [0.1, 0.15) is 6.04 Å². The molecule has 0 spiro atoms. The van der Waals surface area contributed by atoms with E-state index in [4.69, 9.17) is 11.6 Å². The fraction of sp³-hybridized carbons (Fsp3) is 0.200. The van der Waals surface area contributed by atoms with Gasteiger partial charge in [0.05, 0.1) is 4.92 Å². The molecule has 1 unspecified atom stereocenters. The minimum Gasteiger partial charge on any atom is -0.324 e. The van der Waals surface area contributed by atoms with Crippen molar-refractivity contribution in [3.8, 4) is 0 Å². The van der Waals surface area contributed by atoms with E-state index in [1.165, 1.54) is 13.0 Å². The van der Waals surface area contributed by atoms with Gasteiger partial charge in [0.15, 0.2) is 0 Å². The number of hydrogen-bond donors (Lipinski definition) is 1. The number of nitro groups is 1. The molecule has 1 heterocycles. The van der Waals surface area contributed by atoms with Crippen molar-refractivity contribution in [1.82, 2.24) is 4.57 Å². The molecular formula is C15H14ClN3O4. The molecule has 0 aliphatic carbocycles. The molecule has 0 fully saturated rings. The van der Waals surface area contributed by atoms with Crippen molar-refractivity contribution >= 4 is 28.9 Å². The number of aromatic nitrogens is 1. The Bertz CT molecular complexity index is 814. The lowest BCUT2D eigenvalue weighted by atomic mass is 10.2.